The second-order valence-corrected chi connectivity index (χ2v) is 6.54. The van der Waals surface area contributed by atoms with Crippen LogP contribution in [0, 0.1) is 5.92 Å². The monoisotopic (exact) mass is 463 g/mol. The number of halogens is 1. The Hall–Kier alpha value is -0.830. The highest BCUT2D eigenvalue weighted by Crippen LogP contribution is 2.28. The number of hydrogen-bond acceptors (Lipinski definition) is 3. The number of hydrogen-bond donors (Lipinski definition) is 1. The molecule has 1 aliphatic carbocycles. The topological polar surface area (TPSA) is 54.7 Å². The third-order valence-electron chi connectivity index (χ3n) is 4.65. The molecule has 2 rings (SSSR count). The number of aryl methyl sites for hydroxylation is 2. The average molecular weight is 463 g/mol. The summed E-state index contributed by atoms with van der Waals surface area (Å²) in [6.07, 6.45) is 4.62. The molecule has 0 bridgehead atoms. The zero-order valence-corrected chi connectivity index (χ0v) is 18.7. The van der Waals surface area contributed by atoms with Crippen LogP contribution in [0.1, 0.15) is 43.6 Å². The highest BCUT2D eigenvalue weighted by atomic mass is 127. The molecule has 0 atom stereocenters. The molecule has 25 heavy (non-hydrogen) atoms. The van der Waals surface area contributed by atoms with Crippen LogP contribution in [0.25, 0.3) is 0 Å². The molecule has 144 valence electrons. The Kier molecular flexibility index (Phi) is 9.78. The molecular weight excluding hydrogens is 429 g/mol. The summed E-state index contributed by atoms with van der Waals surface area (Å²) in [5, 5.41) is 8.11. The van der Waals surface area contributed by atoms with Crippen molar-refractivity contribution >= 4 is 29.9 Å². The number of aromatic nitrogens is 2. The van der Waals surface area contributed by atoms with Crippen LogP contribution in [0.5, 0.6) is 0 Å². The summed E-state index contributed by atoms with van der Waals surface area (Å²) in [5.74, 6) is 1.72. The van der Waals surface area contributed by atoms with Crippen LogP contribution in [0.15, 0.2) is 4.99 Å². The fraction of sp³-hybridized carbons (Fsp3) is 0.778. The number of ether oxygens (including phenoxy) is 1. The van der Waals surface area contributed by atoms with E-state index in [2.05, 4.69) is 41.2 Å². The van der Waals surface area contributed by atoms with E-state index in [0.29, 0.717) is 0 Å². The van der Waals surface area contributed by atoms with Gasteiger partial charge in [-0.2, -0.15) is 5.10 Å². The number of guanidine groups is 1. The Morgan fingerprint density at radius 1 is 1.36 bits per heavy atom. The van der Waals surface area contributed by atoms with Gasteiger partial charge in [-0.15, -0.1) is 24.0 Å². The second-order valence-electron chi connectivity index (χ2n) is 6.54. The first-order valence-corrected chi connectivity index (χ1v) is 9.13. The summed E-state index contributed by atoms with van der Waals surface area (Å²) in [6.45, 7) is 7.61. The van der Waals surface area contributed by atoms with Crippen molar-refractivity contribution in [1.29, 1.82) is 0 Å². The van der Waals surface area contributed by atoms with Crippen LogP contribution in [-0.2, 0) is 31.2 Å². The maximum atomic E-state index is 5.72. The predicted molar refractivity (Wildman–Crippen MR) is 114 cm³/mol. The van der Waals surface area contributed by atoms with Crippen molar-refractivity contribution in [2.45, 2.75) is 46.1 Å². The first kappa shape index (κ1) is 22.2. The Bertz CT molecular complexity index is 554. The van der Waals surface area contributed by atoms with Gasteiger partial charge in [-0.25, -0.2) is 0 Å². The molecule has 0 saturated heterocycles. The number of rotatable bonds is 9. The highest BCUT2D eigenvalue weighted by molar-refractivity contribution is 14.0. The van der Waals surface area contributed by atoms with Gasteiger partial charge in [0.1, 0.15) is 0 Å². The molecule has 6 nitrogen and oxygen atoms in total. The second kappa shape index (κ2) is 11.0. The molecule has 1 aromatic heterocycles. The number of likely N-dealkylation sites (N-methyl/N-ethyl adjacent to an activating group) is 1. The standard InChI is InChI=1S/C18H33N5O.HI/c1-6-16-15(17(7-2)23(5)21-16)12-20-18(19-3)22(4)10-11-24-13-14-8-9-14;/h14H,6-13H2,1-5H3,(H,19,20);1H. The third kappa shape index (κ3) is 6.44. The zero-order valence-electron chi connectivity index (χ0n) is 16.3. The minimum atomic E-state index is 0. The molecule has 1 aliphatic rings. The van der Waals surface area contributed by atoms with Crippen molar-refractivity contribution in [2.75, 3.05) is 33.9 Å². The van der Waals surface area contributed by atoms with Crippen LogP contribution in [-0.4, -0.2) is 54.5 Å². The number of nitrogens with zero attached hydrogens (tertiary/aromatic N) is 4. The molecule has 0 radical (unpaired) electrons. The third-order valence-corrected chi connectivity index (χ3v) is 4.65. The van der Waals surface area contributed by atoms with Crippen molar-refractivity contribution in [3.05, 3.63) is 17.0 Å². The average Bonchev–Trinajstić information content (AvgIpc) is 3.35. The summed E-state index contributed by atoms with van der Waals surface area (Å²) in [5.41, 5.74) is 3.78. The zero-order chi connectivity index (χ0) is 17.5. The van der Waals surface area contributed by atoms with Crippen LogP contribution < -0.4 is 5.32 Å². The Labute approximate surface area is 169 Å². The van der Waals surface area contributed by atoms with E-state index in [1.54, 1.807) is 0 Å². The van der Waals surface area contributed by atoms with Gasteiger partial charge in [0, 0.05) is 52.1 Å². The molecule has 1 saturated carbocycles. The van der Waals surface area contributed by atoms with E-state index in [0.717, 1.165) is 51.0 Å². The molecule has 7 heteroatoms. The minimum Gasteiger partial charge on any atom is -0.379 e. The van der Waals surface area contributed by atoms with E-state index in [1.165, 1.54) is 29.8 Å². The van der Waals surface area contributed by atoms with E-state index in [1.807, 2.05) is 18.8 Å². The summed E-state index contributed by atoms with van der Waals surface area (Å²) in [6, 6.07) is 0. The van der Waals surface area contributed by atoms with Gasteiger partial charge >= 0.3 is 0 Å². The smallest absolute Gasteiger partial charge is 0.193 e. The quantitative estimate of drug-likeness (QED) is 0.265. The van der Waals surface area contributed by atoms with Crippen molar-refractivity contribution in [2.24, 2.45) is 18.0 Å². The van der Waals surface area contributed by atoms with E-state index in [4.69, 9.17) is 4.74 Å². The minimum absolute atomic E-state index is 0. The fourth-order valence-electron chi connectivity index (χ4n) is 2.99. The van der Waals surface area contributed by atoms with Gasteiger partial charge in [-0.1, -0.05) is 13.8 Å². The van der Waals surface area contributed by atoms with Crippen molar-refractivity contribution in [3.63, 3.8) is 0 Å². The summed E-state index contributed by atoms with van der Waals surface area (Å²) in [4.78, 5) is 6.52. The van der Waals surface area contributed by atoms with Gasteiger partial charge in [0.15, 0.2) is 5.96 Å². The van der Waals surface area contributed by atoms with Crippen LogP contribution in [0.4, 0.5) is 0 Å². The van der Waals surface area contributed by atoms with E-state index >= 15 is 0 Å². The Balaban J connectivity index is 0.00000312. The van der Waals surface area contributed by atoms with Gasteiger partial charge in [0.25, 0.3) is 0 Å². The first-order valence-electron chi connectivity index (χ1n) is 9.13. The highest BCUT2D eigenvalue weighted by Gasteiger charge is 2.21. The van der Waals surface area contributed by atoms with Gasteiger partial charge in [0.05, 0.1) is 12.3 Å². The number of nitrogens with one attached hydrogen (secondary N) is 1. The van der Waals surface area contributed by atoms with Gasteiger partial charge in [-0.05, 0) is 31.6 Å². The molecule has 0 spiro atoms. The normalized spacial score (nSPS) is 14.4. The predicted octanol–water partition coefficient (Wildman–Crippen LogP) is 2.60. The van der Waals surface area contributed by atoms with Crippen LogP contribution in [0.3, 0.4) is 0 Å². The number of aliphatic imine (C=N–C) groups is 1. The molecule has 1 heterocycles. The maximum absolute atomic E-state index is 5.72. The van der Waals surface area contributed by atoms with Gasteiger partial charge < -0.3 is 15.0 Å². The fourth-order valence-corrected chi connectivity index (χ4v) is 2.99. The first-order chi connectivity index (χ1) is 11.6. The van der Waals surface area contributed by atoms with E-state index in [9.17, 15) is 0 Å². The van der Waals surface area contributed by atoms with Crippen molar-refractivity contribution in [3.8, 4) is 0 Å². The van der Waals surface area contributed by atoms with Crippen molar-refractivity contribution in [1.82, 2.24) is 20.0 Å². The largest absolute Gasteiger partial charge is 0.379 e. The maximum Gasteiger partial charge on any atom is 0.193 e. The lowest BCUT2D eigenvalue weighted by molar-refractivity contribution is 0.115. The van der Waals surface area contributed by atoms with Gasteiger partial charge in [-0.3, -0.25) is 9.67 Å². The molecule has 1 aromatic rings. The van der Waals surface area contributed by atoms with E-state index < -0.39 is 0 Å². The molecule has 0 aliphatic heterocycles. The van der Waals surface area contributed by atoms with E-state index in [-0.39, 0.29) is 24.0 Å². The molecular formula is C18H34IN5O. The lowest BCUT2D eigenvalue weighted by atomic mass is 10.1. The molecule has 0 amide bonds. The molecule has 0 unspecified atom stereocenters. The lowest BCUT2D eigenvalue weighted by Gasteiger charge is -2.22. The lowest BCUT2D eigenvalue weighted by Crippen LogP contribution is -2.40. The van der Waals surface area contributed by atoms with Crippen LogP contribution >= 0.6 is 24.0 Å². The Morgan fingerprint density at radius 3 is 2.64 bits per heavy atom. The SMILES string of the molecule is CCc1nn(C)c(CC)c1CNC(=NC)N(C)CCOCC1CC1.I. The van der Waals surface area contributed by atoms with Crippen molar-refractivity contribution < 1.29 is 4.74 Å². The summed E-state index contributed by atoms with van der Waals surface area (Å²) in [7, 11) is 5.91. The van der Waals surface area contributed by atoms with Gasteiger partial charge in [0.2, 0.25) is 0 Å². The Morgan fingerprint density at radius 2 is 2.08 bits per heavy atom. The summed E-state index contributed by atoms with van der Waals surface area (Å²) >= 11 is 0. The molecule has 0 aromatic carbocycles. The molecule has 1 fully saturated rings. The van der Waals surface area contributed by atoms with Crippen LogP contribution in [0.2, 0.25) is 0 Å². The summed E-state index contributed by atoms with van der Waals surface area (Å²) < 4.78 is 7.73. The molecule has 1 N–H and O–H groups in total.